The minimum absolute atomic E-state index is 0.248. The third kappa shape index (κ3) is 4.59. The fraction of sp³-hybridized carbons (Fsp3) is 0.211. The van der Waals surface area contributed by atoms with Crippen molar-refractivity contribution in [2.24, 2.45) is 7.05 Å². The first-order valence-corrected chi connectivity index (χ1v) is 9.77. The molecule has 13 heteroatoms. The fourth-order valence-corrected chi connectivity index (χ4v) is 3.12. The van der Waals surface area contributed by atoms with Crippen molar-refractivity contribution < 1.29 is 13.5 Å². The summed E-state index contributed by atoms with van der Waals surface area (Å²) in [5, 5.41) is 11.5. The van der Waals surface area contributed by atoms with Crippen LogP contribution in [0.5, 0.6) is 5.88 Å². The molecule has 0 saturated carbocycles. The van der Waals surface area contributed by atoms with Crippen LogP contribution in [-0.2, 0) is 7.05 Å². The van der Waals surface area contributed by atoms with Crippen molar-refractivity contribution in [3.05, 3.63) is 48.1 Å². The maximum Gasteiger partial charge on any atom is 0.333 e. The molecule has 0 atom stereocenters. The van der Waals surface area contributed by atoms with Gasteiger partial charge in [0.15, 0.2) is 5.82 Å². The smallest absolute Gasteiger partial charge is 0.333 e. The Labute approximate surface area is 186 Å². The maximum atomic E-state index is 12.9. The van der Waals surface area contributed by atoms with Crippen molar-refractivity contribution in [3.63, 3.8) is 0 Å². The van der Waals surface area contributed by atoms with Crippen molar-refractivity contribution in [1.82, 2.24) is 34.5 Å². The SMILES string of the molecule is Cn1ncc(-c2nccc(N)n2)c1OCCNc1cc(Cl)ncc1-c1ccn(C(F)F)n1. The average Bonchev–Trinajstić information content (AvgIpc) is 3.39. The number of ether oxygens (including phenoxy) is 1. The molecule has 0 spiro atoms. The summed E-state index contributed by atoms with van der Waals surface area (Å²) in [6.45, 7) is -2.11. The largest absolute Gasteiger partial charge is 0.475 e. The van der Waals surface area contributed by atoms with Gasteiger partial charge in [0.2, 0.25) is 5.88 Å². The number of pyridine rings is 1. The molecular weight excluding hydrogens is 444 g/mol. The Kier molecular flexibility index (Phi) is 6.12. The predicted octanol–water partition coefficient (Wildman–Crippen LogP) is 3.26. The van der Waals surface area contributed by atoms with Crippen molar-refractivity contribution in [1.29, 1.82) is 0 Å². The van der Waals surface area contributed by atoms with Crippen LogP contribution in [0.4, 0.5) is 20.3 Å². The number of halogens is 3. The van der Waals surface area contributed by atoms with Crippen LogP contribution in [-0.4, -0.2) is 47.7 Å². The van der Waals surface area contributed by atoms with Gasteiger partial charge in [-0.3, -0.25) is 0 Å². The van der Waals surface area contributed by atoms with E-state index in [0.717, 1.165) is 0 Å². The van der Waals surface area contributed by atoms with Gasteiger partial charge in [0, 0.05) is 43.4 Å². The standard InChI is InChI=1S/C19H18ClF2N9O/c1-30-18(12(10-27-30)17-25-4-2-16(23)28-17)32-7-5-24-14-8-15(20)26-9-11(14)13-3-6-31(29-13)19(21)22/h2-4,6,8-10,19H,5,7H2,1H3,(H,24,26)(H2,23,25,28). The molecule has 166 valence electrons. The molecule has 4 rings (SSSR count). The second-order valence-electron chi connectivity index (χ2n) is 6.58. The molecule has 0 unspecified atom stereocenters. The van der Waals surface area contributed by atoms with Gasteiger partial charge in [-0.05, 0) is 18.2 Å². The van der Waals surface area contributed by atoms with E-state index in [1.807, 2.05) is 0 Å². The second kappa shape index (κ2) is 9.14. The fourth-order valence-electron chi connectivity index (χ4n) is 2.96. The molecule has 0 amide bonds. The molecule has 0 aliphatic rings. The van der Waals surface area contributed by atoms with Gasteiger partial charge in [0.05, 0.1) is 11.9 Å². The number of aromatic nitrogens is 7. The molecular formula is C19H18ClF2N9O. The van der Waals surface area contributed by atoms with E-state index < -0.39 is 6.55 Å². The van der Waals surface area contributed by atoms with E-state index >= 15 is 0 Å². The van der Waals surface area contributed by atoms with Crippen molar-refractivity contribution >= 4 is 23.1 Å². The van der Waals surface area contributed by atoms with Crippen LogP contribution in [0.25, 0.3) is 22.6 Å². The van der Waals surface area contributed by atoms with Crippen molar-refractivity contribution in [2.45, 2.75) is 6.55 Å². The molecule has 10 nitrogen and oxygen atoms in total. The summed E-state index contributed by atoms with van der Waals surface area (Å²) < 4.78 is 33.7. The van der Waals surface area contributed by atoms with E-state index in [0.29, 0.717) is 51.3 Å². The first-order valence-electron chi connectivity index (χ1n) is 9.39. The Hall–Kier alpha value is -3.80. The number of nitrogens with one attached hydrogen (secondary N) is 1. The number of nitrogens with two attached hydrogens (primary N) is 1. The van der Waals surface area contributed by atoms with Crippen LogP contribution < -0.4 is 15.8 Å². The summed E-state index contributed by atoms with van der Waals surface area (Å²) in [4.78, 5) is 12.4. The molecule has 32 heavy (non-hydrogen) atoms. The molecule has 0 fully saturated rings. The zero-order valence-corrected chi connectivity index (χ0v) is 17.5. The Balaban J connectivity index is 1.46. The lowest BCUT2D eigenvalue weighted by Gasteiger charge is -2.12. The minimum atomic E-state index is -2.73. The first kappa shape index (κ1) is 21.4. The highest BCUT2D eigenvalue weighted by atomic mass is 35.5. The quantitative estimate of drug-likeness (QED) is 0.303. The topological polar surface area (TPSA) is 122 Å². The zero-order chi connectivity index (χ0) is 22.7. The molecule has 4 aromatic heterocycles. The number of rotatable bonds is 8. The molecule has 0 aromatic carbocycles. The van der Waals surface area contributed by atoms with E-state index in [2.05, 4.69) is 30.5 Å². The lowest BCUT2D eigenvalue weighted by molar-refractivity contribution is 0.0568. The van der Waals surface area contributed by atoms with Gasteiger partial charge in [0.25, 0.3) is 0 Å². The third-order valence-electron chi connectivity index (χ3n) is 4.41. The normalized spacial score (nSPS) is 11.2. The Morgan fingerprint density at radius 3 is 2.81 bits per heavy atom. The van der Waals surface area contributed by atoms with Crippen LogP contribution in [0.3, 0.4) is 0 Å². The Bertz CT molecular complexity index is 1230. The summed E-state index contributed by atoms with van der Waals surface area (Å²) in [6, 6.07) is 4.66. The molecule has 0 saturated heterocycles. The Morgan fingerprint density at radius 2 is 2.06 bits per heavy atom. The number of nitrogens with zero attached hydrogens (tertiary/aromatic N) is 7. The number of nitrogen functional groups attached to an aromatic ring is 1. The number of hydrogen-bond acceptors (Lipinski definition) is 8. The van der Waals surface area contributed by atoms with E-state index in [-0.39, 0.29) is 11.8 Å². The van der Waals surface area contributed by atoms with Crippen LogP contribution in [0.1, 0.15) is 6.55 Å². The molecule has 0 bridgehead atoms. The van der Waals surface area contributed by atoms with Gasteiger partial charge < -0.3 is 15.8 Å². The summed E-state index contributed by atoms with van der Waals surface area (Å²) in [7, 11) is 1.73. The van der Waals surface area contributed by atoms with Gasteiger partial charge in [-0.1, -0.05) is 11.6 Å². The van der Waals surface area contributed by atoms with Gasteiger partial charge in [-0.2, -0.15) is 19.0 Å². The molecule has 0 aliphatic heterocycles. The van der Waals surface area contributed by atoms with E-state index in [4.69, 9.17) is 22.1 Å². The molecule has 0 radical (unpaired) electrons. The van der Waals surface area contributed by atoms with Crippen molar-refractivity contribution in [2.75, 3.05) is 24.2 Å². The van der Waals surface area contributed by atoms with Crippen LogP contribution in [0, 0.1) is 0 Å². The number of anilines is 2. The van der Waals surface area contributed by atoms with Gasteiger partial charge in [-0.15, -0.1) is 0 Å². The zero-order valence-electron chi connectivity index (χ0n) is 16.8. The van der Waals surface area contributed by atoms with Gasteiger partial charge >= 0.3 is 6.55 Å². The van der Waals surface area contributed by atoms with Gasteiger partial charge in [-0.25, -0.2) is 24.3 Å². The highest BCUT2D eigenvalue weighted by Crippen LogP contribution is 2.29. The number of aryl methyl sites for hydroxylation is 1. The predicted molar refractivity (Wildman–Crippen MR) is 114 cm³/mol. The van der Waals surface area contributed by atoms with Crippen molar-refractivity contribution in [3.8, 4) is 28.5 Å². The summed E-state index contributed by atoms with van der Waals surface area (Å²) in [5.74, 6) is 1.21. The van der Waals surface area contributed by atoms with E-state index in [1.165, 1.54) is 18.5 Å². The molecule has 3 N–H and O–H groups in total. The monoisotopic (exact) mass is 461 g/mol. The second-order valence-corrected chi connectivity index (χ2v) is 6.97. The number of hydrogen-bond donors (Lipinski definition) is 2. The highest BCUT2D eigenvalue weighted by molar-refractivity contribution is 6.29. The molecule has 4 heterocycles. The first-order chi connectivity index (χ1) is 15.4. The molecule has 4 aromatic rings. The van der Waals surface area contributed by atoms with Crippen LogP contribution in [0.15, 0.2) is 43.0 Å². The molecule has 0 aliphatic carbocycles. The summed E-state index contributed by atoms with van der Waals surface area (Å²) >= 11 is 6.01. The van der Waals surface area contributed by atoms with E-state index in [9.17, 15) is 8.78 Å². The lowest BCUT2D eigenvalue weighted by Crippen LogP contribution is -2.14. The van der Waals surface area contributed by atoms with E-state index in [1.54, 1.807) is 36.3 Å². The highest BCUT2D eigenvalue weighted by Gasteiger charge is 2.16. The third-order valence-corrected chi connectivity index (χ3v) is 4.62. The minimum Gasteiger partial charge on any atom is -0.475 e. The Morgan fingerprint density at radius 1 is 1.22 bits per heavy atom. The summed E-state index contributed by atoms with van der Waals surface area (Å²) in [5.41, 5.74) is 7.79. The summed E-state index contributed by atoms with van der Waals surface area (Å²) in [6.07, 6.45) is 5.82. The van der Waals surface area contributed by atoms with Crippen LogP contribution >= 0.6 is 11.6 Å². The lowest BCUT2D eigenvalue weighted by atomic mass is 10.2. The van der Waals surface area contributed by atoms with Crippen LogP contribution in [0.2, 0.25) is 5.15 Å². The van der Waals surface area contributed by atoms with Gasteiger partial charge in [0.1, 0.15) is 23.1 Å². The average molecular weight is 462 g/mol. The number of alkyl halides is 2. The maximum absolute atomic E-state index is 12.9.